The van der Waals surface area contributed by atoms with Gasteiger partial charge in [-0.05, 0) is 39.0 Å². The highest BCUT2D eigenvalue weighted by atomic mass is 35.5. The van der Waals surface area contributed by atoms with Crippen LogP contribution in [0.3, 0.4) is 0 Å². The standard InChI is InChI=1S/C16H19ClFN3O2/c1-16(2,3)23-15(22)20-7-6-12-9-19-10-21(12)11-4-5-13(17)14(18)8-11/h4-5,8-10H,6-7H2,1-3H3,(H,20,22). The van der Waals surface area contributed by atoms with Crippen molar-refractivity contribution in [2.45, 2.75) is 32.8 Å². The second-order valence-corrected chi connectivity index (χ2v) is 6.44. The molecule has 1 N–H and O–H groups in total. The lowest BCUT2D eigenvalue weighted by Gasteiger charge is -2.19. The van der Waals surface area contributed by atoms with Crippen LogP contribution in [0.4, 0.5) is 9.18 Å². The van der Waals surface area contributed by atoms with E-state index in [4.69, 9.17) is 16.3 Å². The highest BCUT2D eigenvalue weighted by molar-refractivity contribution is 6.30. The zero-order valence-corrected chi connectivity index (χ0v) is 14.0. The van der Waals surface area contributed by atoms with Gasteiger partial charge in [-0.2, -0.15) is 0 Å². The summed E-state index contributed by atoms with van der Waals surface area (Å²) in [6.45, 7) is 5.79. The Balaban J connectivity index is 1.99. The van der Waals surface area contributed by atoms with Crippen molar-refractivity contribution in [1.29, 1.82) is 0 Å². The summed E-state index contributed by atoms with van der Waals surface area (Å²) in [5.41, 5.74) is 0.923. The number of aromatic nitrogens is 2. The molecule has 5 nitrogen and oxygen atoms in total. The van der Waals surface area contributed by atoms with E-state index in [0.29, 0.717) is 18.7 Å². The van der Waals surface area contributed by atoms with E-state index in [0.717, 1.165) is 5.69 Å². The van der Waals surface area contributed by atoms with Gasteiger partial charge in [0.1, 0.15) is 11.4 Å². The van der Waals surface area contributed by atoms with Crippen LogP contribution >= 0.6 is 11.6 Å². The molecule has 0 aliphatic carbocycles. The molecule has 1 aromatic carbocycles. The predicted octanol–water partition coefficient (Wildman–Crippen LogP) is 3.73. The minimum Gasteiger partial charge on any atom is -0.444 e. The van der Waals surface area contributed by atoms with Crippen LogP contribution in [0.2, 0.25) is 5.02 Å². The quantitative estimate of drug-likeness (QED) is 0.923. The van der Waals surface area contributed by atoms with Gasteiger partial charge < -0.3 is 14.6 Å². The normalized spacial score (nSPS) is 11.3. The third-order valence-corrected chi connectivity index (χ3v) is 3.25. The van der Waals surface area contributed by atoms with Crippen LogP contribution in [0.1, 0.15) is 26.5 Å². The average Bonchev–Trinajstić information content (AvgIpc) is 2.88. The molecule has 7 heteroatoms. The van der Waals surface area contributed by atoms with Gasteiger partial charge in [0.15, 0.2) is 0 Å². The van der Waals surface area contributed by atoms with Gasteiger partial charge in [-0.25, -0.2) is 14.2 Å². The van der Waals surface area contributed by atoms with Gasteiger partial charge in [-0.1, -0.05) is 11.6 Å². The Bertz CT molecular complexity index is 695. The lowest BCUT2D eigenvalue weighted by Crippen LogP contribution is -2.33. The molecule has 0 bridgehead atoms. The topological polar surface area (TPSA) is 56.1 Å². The smallest absolute Gasteiger partial charge is 0.407 e. The first kappa shape index (κ1) is 17.3. The highest BCUT2D eigenvalue weighted by Crippen LogP contribution is 2.19. The molecule has 0 spiro atoms. The molecule has 0 saturated carbocycles. The fourth-order valence-corrected chi connectivity index (χ4v) is 2.10. The molecule has 0 radical (unpaired) electrons. The van der Waals surface area contributed by atoms with Crippen molar-refractivity contribution in [3.05, 3.63) is 47.3 Å². The predicted molar refractivity (Wildman–Crippen MR) is 86.5 cm³/mol. The number of nitrogens with one attached hydrogen (secondary N) is 1. The van der Waals surface area contributed by atoms with E-state index in [1.165, 1.54) is 12.1 Å². The van der Waals surface area contributed by atoms with Gasteiger partial charge in [-0.15, -0.1) is 0 Å². The van der Waals surface area contributed by atoms with E-state index in [-0.39, 0.29) is 5.02 Å². The molecule has 1 amide bonds. The van der Waals surface area contributed by atoms with Crippen molar-refractivity contribution in [3.63, 3.8) is 0 Å². The fourth-order valence-electron chi connectivity index (χ4n) is 1.98. The van der Waals surface area contributed by atoms with Crippen molar-refractivity contribution in [2.24, 2.45) is 0 Å². The summed E-state index contributed by atoms with van der Waals surface area (Å²) in [5.74, 6) is -0.490. The SMILES string of the molecule is CC(C)(C)OC(=O)NCCc1cncn1-c1ccc(Cl)c(F)c1. The Kier molecular flexibility index (Phi) is 5.26. The Morgan fingerprint density at radius 3 is 2.83 bits per heavy atom. The number of hydrogen-bond acceptors (Lipinski definition) is 3. The molecule has 0 saturated heterocycles. The zero-order valence-electron chi connectivity index (χ0n) is 13.3. The maximum Gasteiger partial charge on any atom is 0.407 e. The molecule has 0 aliphatic heterocycles. The molecule has 0 unspecified atom stereocenters. The van der Waals surface area contributed by atoms with E-state index in [9.17, 15) is 9.18 Å². The molecule has 23 heavy (non-hydrogen) atoms. The molecule has 1 heterocycles. The summed E-state index contributed by atoms with van der Waals surface area (Å²) < 4.78 is 20.5. The van der Waals surface area contributed by atoms with Crippen LogP contribution in [0, 0.1) is 5.82 Å². The van der Waals surface area contributed by atoms with Gasteiger partial charge in [0.05, 0.1) is 11.3 Å². The summed E-state index contributed by atoms with van der Waals surface area (Å²) in [5, 5.41) is 2.75. The number of halogens is 2. The summed E-state index contributed by atoms with van der Waals surface area (Å²) >= 11 is 5.69. The van der Waals surface area contributed by atoms with Crippen molar-refractivity contribution in [2.75, 3.05) is 6.54 Å². The third kappa shape index (κ3) is 4.96. The average molecular weight is 340 g/mol. The first-order valence-corrected chi connectivity index (χ1v) is 7.57. The van der Waals surface area contributed by atoms with Crippen molar-refractivity contribution >= 4 is 17.7 Å². The van der Waals surface area contributed by atoms with Gasteiger partial charge >= 0.3 is 6.09 Å². The van der Waals surface area contributed by atoms with Crippen LogP contribution < -0.4 is 5.32 Å². The number of carbonyl (C=O) groups excluding carboxylic acids is 1. The molecular weight excluding hydrogens is 321 g/mol. The molecular formula is C16H19ClFN3O2. The van der Waals surface area contributed by atoms with Crippen LogP contribution in [0.15, 0.2) is 30.7 Å². The summed E-state index contributed by atoms with van der Waals surface area (Å²) in [6, 6.07) is 4.54. The summed E-state index contributed by atoms with van der Waals surface area (Å²) in [6.07, 6.45) is 3.32. The van der Waals surface area contributed by atoms with Crippen LogP contribution in [-0.4, -0.2) is 27.8 Å². The molecule has 124 valence electrons. The number of rotatable bonds is 4. The van der Waals surface area contributed by atoms with Crippen LogP contribution in [0.5, 0.6) is 0 Å². The number of hydrogen-bond donors (Lipinski definition) is 1. The maximum atomic E-state index is 13.6. The number of alkyl carbamates (subject to hydrolysis) is 1. The number of nitrogens with zero attached hydrogens (tertiary/aromatic N) is 2. The number of imidazole rings is 1. The lowest BCUT2D eigenvalue weighted by molar-refractivity contribution is 0.0528. The second kappa shape index (κ2) is 7.00. The van der Waals surface area contributed by atoms with Crippen molar-refractivity contribution in [3.8, 4) is 5.69 Å². The lowest BCUT2D eigenvalue weighted by atomic mass is 10.2. The summed E-state index contributed by atoms with van der Waals surface area (Å²) in [4.78, 5) is 15.7. The van der Waals surface area contributed by atoms with Gasteiger partial charge in [0, 0.05) is 30.5 Å². The monoisotopic (exact) mass is 339 g/mol. The Labute approximate surface area is 139 Å². The summed E-state index contributed by atoms with van der Waals surface area (Å²) in [7, 11) is 0. The molecule has 2 rings (SSSR count). The number of amides is 1. The van der Waals surface area contributed by atoms with Crippen molar-refractivity contribution < 1.29 is 13.9 Å². The second-order valence-electron chi connectivity index (χ2n) is 6.03. The number of ether oxygens (including phenoxy) is 1. The van der Waals surface area contributed by atoms with E-state index < -0.39 is 17.5 Å². The van der Waals surface area contributed by atoms with Crippen molar-refractivity contribution in [1.82, 2.24) is 14.9 Å². The molecule has 0 aliphatic rings. The first-order valence-electron chi connectivity index (χ1n) is 7.20. The van der Waals surface area contributed by atoms with Gasteiger partial charge in [0.2, 0.25) is 0 Å². The fraction of sp³-hybridized carbons (Fsp3) is 0.375. The van der Waals surface area contributed by atoms with Crippen LogP contribution in [0.25, 0.3) is 5.69 Å². The minimum absolute atomic E-state index is 0.0713. The van der Waals surface area contributed by atoms with E-state index in [2.05, 4.69) is 10.3 Å². The zero-order chi connectivity index (χ0) is 17.0. The number of benzene rings is 1. The minimum atomic E-state index is -0.535. The highest BCUT2D eigenvalue weighted by Gasteiger charge is 2.15. The van der Waals surface area contributed by atoms with E-state index >= 15 is 0 Å². The number of carbonyl (C=O) groups is 1. The maximum absolute atomic E-state index is 13.6. The van der Waals surface area contributed by atoms with Gasteiger partial charge in [0.25, 0.3) is 0 Å². The molecule has 2 aromatic rings. The first-order chi connectivity index (χ1) is 10.8. The largest absolute Gasteiger partial charge is 0.444 e. The Morgan fingerprint density at radius 2 is 2.17 bits per heavy atom. The van der Waals surface area contributed by atoms with E-state index in [1.54, 1.807) is 43.9 Å². The molecule has 0 fully saturated rings. The van der Waals surface area contributed by atoms with Gasteiger partial charge in [-0.3, -0.25) is 0 Å². The van der Waals surface area contributed by atoms with Crippen LogP contribution in [-0.2, 0) is 11.2 Å². The Hall–Kier alpha value is -2.08. The third-order valence-electron chi connectivity index (χ3n) is 2.95. The molecule has 1 aromatic heterocycles. The van der Waals surface area contributed by atoms with E-state index in [1.807, 2.05) is 0 Å². The molecule has 0 atom stereocenters. The Morgan fingerprint density at radius 1 is 1.43 bits per heavy atom.